The van der Waals surface area contributed by atoms with E-state index in [4.69, 9.17) is 20.3 Å². The molecule has 12 heavy (non-hydrogen) atoms. The summed E-state index contributed by atoms with van der Waals surface area (Å²) in [6.07, 6.45) is 2.86. The van der Waals surface area contributed by atoms with Crippen molar-refractivity contribution in [1.29, 1.82) is 0 Å². The highest BCUT2D eigenvalue weighted by molar-refractivity contribution is 6.31. The lowest BCUT2D eigenvalue weighted by atomic mass is 10.3. The lowest BCUT2D eigenvalue weighted by Gasteiger charge is -1.65. The molecule has 0 aliphatic heterocycles. The minimum absolute atomic E-state index is 0.0833. The molecule has 0 unspecified atom stereocenters. The van der Waals surface area contributed by atoms with Crippen LogP contribution in [0.3, 0.4) is 0 Å². The van der Waals surface area contributed by atoms with Gasteiger partial charge < -0.3 is 20.3 Å². The van der Waals surface area contributed by atoms with Crippen molar-refractivity contribution in [3.8, 4) is 0 Å². The van der Waals surface area contributed by atoms with Gasteiger partial charge in [-0.15, -0.1) is 13.2 Å². The Balaban J connectivity index is -0.000000101. The fourth-order valence-electron chi connectivity index (χ4n) is 0. The van der Waals surface area contributed by atoms with Gasteiger partial charge in [0, 0.05) is 0 Å². The first-order chi connectivity index (χ1) is 5.56. The van der Waals surface area contributed by atoms with Crippen molar-refractivity contribution in [2.24, 2.45) is 0 Å². The Morgan fingerprint density at radius 3 is 1.17 bits per heavy atom. The topological polar surface area (TPSA) is 80.9 Å². The average molecular weight is 180 g/mol. The van der Waals surface area contributed by atoms with Crippen LogP contribution in [-0.2, 0) is 0 Å². The van der Waals surface area contributed by atoms with Crippen LogP contribution in [0.15, 0.2) is 25.3 Å². The Labute approximate surface area is 71.5 Å². The standard InChI is InChI=1S/2C3H6O.BFH2O2/c2*1-2-3-4;2-1(3)4/h2*2,4H,1,3H2;3-4H. The van der Waals surface area contributed by atoms with E-state index in [1.807, 2.05) is 0 Å². The van der Waals surface area contributed by atoms with E-state index in [0.717, 1.165) is 0 Å². The molecule has 0 fully saturated rings. The van der Waals surface area contributed by atoms with Crippen LogP contribution >= 0.6 is 0 Å². The van der Waals surface area contributed by atoms with Crippen molar-refractivity contribution < 1.29 is 24.6 Å². The molecule has 0 aliphatic carbocycles. The van der Waals surface area contributed by atoms with E-state index in [2.05, 4.69) is 13.2 Å². The summed E-state index contributed by atoms with van der Waals surface area (Å²) in [6, 6.07) is 0. The van der Waals surface area contributed by atoms with E-state index < -0.39 is 7.40 Å². The number of aliphatic hydroxyl groups is 2. The van der Waals surface area contributed by atoms with Crippen molar-refractivity contribution in [3.63, 3.8) is 0 Å². The Morgan fingerprint density at radius 1 is 1.08 bits per heavy atom. The van der Waals surface area contributed by atoms with Gasteiger partial charge in [-0.25, -0.2) is 0 Å². The quantitative estimate of drug-likeness (QED) is 0.333. The van der Waals surface area contributed by atoms with Gasteiger partial charge in [0.25, 0.3) is 0 Å². The highest BCUT2D eigenvalue weighted by atomic mass is 19.1. The molecule has 0 atom stereocenters. The molecule has 4 nitrogen and oxygen atoms in total. The molecule has 0 saturated heterocycles. The second-order valence-electron chi connectivity index (χ2n) is 1.25. The van der Waals surface area contributed by atoms with Gasteiger partial charge >= 0.3 is 7.40 Å². The SMILES string of the molecule is C=CCO.C=CCO.OB(O)F. The van der Waals surface area contributed by atoms with Crippen LogP contribution in [0.2, 0.25) is 0 Å². The summed E-state index contributed by atoms with van der Waals surface area (Å²) in [5, 5.41) is 29.4. The normalized spacial score (nSPS) is 6.42. The van der Waals surface area contributed by atoms with Gasteiger partial charge in [-0.05, 0) is 0 Å². The molecule has 0 aromatic rings. The third-order valence-corrected chi connectivity index (χ3v) is 0.258. The van der Waals surface area contributed by atoms with Crippen LogP contribution in [0.5, 0.6) is 0 Å². The minimum atomic E-state index is -2.67. The van der Waals surface area contributed by atoms with E-state index >= 15 is 0 Å². The second-order valence-corrected chi connectivity index (χ2v) is 1.25. The maximum absolute atomic E-state index is 10.1. The fourth-order valence-corrected chi connectivity index (χ4v) is 0. The van der Waals surface area contributed by atoms with Crippen LogP contribution in [0.4, 0.5) is 4.32 Å². The largest absolute Gasteiger partial charge is 0.674 e. The smallest absolute Gasteiger partial charge is 0.398 e. The van der Waals surface area contributed by atoms with Gasteiger partial charge in [0.1, 0.15) is 0 Å². The first-order valence-electron chi connectivity index (χ1n) is 3.00. The molecule has 0 rings (SSSR count). The van der Waals surface area contributed by atoms with Crippen LogP contribution in [-0.4, -0.2) is 40.9 Å². The maximum atomic E-state index is 10.1. The first-order valence-corrected chi connectivity index (χ1v) is 3.00. The first kappa shape index (κ1) is 17.4. The molecule has 0 aromatic heterocycles. The molecule has 4 N–H and O–H groups in total. The minimum Gasteiger partial charge on any atom is -0.398 e. The van der Waals surface area contributed by atoms with Crippen molar-refractivity contribution in [1.82, 2.24) is 0 Å². The molecule has 6 heteroatoms. The zero-order valence-electron chi connectivity index (χ0n) is 6.73. The zero-order chi connectivity index (χ0) is 10.4. The third kappa shape index (κ3) is 372. The number of hydrogen-bond donors (Lipinski definition) is 4. The van der Waals surface area contributed by atoms with E-state index in [1.165, 1.54) is 12.2 Å². The highest BCUT2D eigenvalue weighted by Crippen LogP contribution is 1.57. The second kappa shape index (κ2) is 22.4. The number of halogens is 1. The highest BCUT2D eigenvalue weighted by Gasteiger charge is 1.97. The molecule has 0 bridgehead atoms. The van der Waals surface area contributed by atoms with Crippen LogP contribution in [0.1, 0.15) is 0 Å². The predicted molar refractivity (Wildman–Crippen MR) is 45.9 cm³/mol. The van der Waals surface area contributed by atoms with Crippen molar-refractivity contribution in [3.05, 3.63) is 25.3 Å². The lowest BCUT2D eigenvalue weighted by Crippen LogP contribution is -1.98. The van der Waals surface area contributed by atoms with Crippen molar-refractivity contribution in [2.75, 3.05) is 13.2 Å². The Morgan fingerprint density at radius 2 is 1.17 bits per heavy atom. The van der Waals surface area contributed by atoms with E-state index in [-0.39, 0.29) is 13.2 Å². The molecule has 0 radical (unpaired) electrons. The van der Waals surface area contributed by atoms with E-state index in [0.29, 0.717) is 0 Å². The van der Waals surface area contributed by atoms with E-state index in [1.54, 1.807) is 0 Å². The Hall–Kier alpha value is -0.685. The maximum Gasteiger partial charge on any atom is 0.674 e. The van der Waals surface area contributed by atoms with Gasteiger partial charge in [-0.3, -0.25) is 4.32 Å². The summed E-state index contributed by atoms with van der Waals surface area (Å²) in [5.41, 5.74) is 0. The zero-order valence-corrected chi connectivity index (χ0v) is 6.73. The Kier molecular flexibility index (Phi) is 32.6. The van der Waals surface area contributed by atoms with Gasteiger partial charge in [0.15, 0.2) is 0 Å². The monoisotopic (exact) mass is 180 g/mol. The molecule has 0 aromatic carbocycles. The molecular weight excluding hydrogens is 166 g/mol. The third-order valence-electron chi connectivity index (χ3n) is 0.258. The number of rotatable bonds is 2. The molecular formula is C6H14BFO4. The molecule has 72 valence electrons. The van der Waals surface area contributed by atoms with Crippen LogP contribution < -0.4 is 0 Å². The molecule has 0 aliphatic rings. The fraction of sp³-hybridized carbons (Fsp3) is 0.333. The van der Waals surface area contributed by atoms with Crippen LogP contribution in [0, 0.1) is 0 Å². The van der Waals surface area contributed by atoms with Gasteiger partial charge in [0.2, 0.25) is 0 Å². The summed E-state index contributed by atoms with van der Waals surface area (Å²) >= 11 is 0. The van der Waals surface area contributed by atoms with Gasteiger partial charge in [-0.1, -0.05) is 12.2 Å². The molecule has 0 saturated carbocycles. The van der Waals surface area contributed by atoms with Gasteiger partial charge in [-0.2, -0.15) is 0 Å². The molecule has 0 heterocycles. The summed E-state index contributed by atoms with van der Waals surface area (Å²) in [7, 11) is -2.67. The molecule has 0 amide bonds. The summed E-state index contributed by atoms with van der Waals surface area (Å²) in [6.45, 7) is 6.62. The number of hydrogen-bond acceptors (Lipinski definition) is 4. The predicted octanol–water partition coefficient (Wildman–Crippen LogP) is -0.745. The summed E-state index contributed by atoms with van der Waals surface area (Å²) in [5.74, 6) is 0. The molecule has 0 spiro atoms. The van der Waals surface area contributed by atoms with E-state index in [9.17, 15) is 4.32 Å². The summed E-state index contributed by atoms with van der Waals surface area (Å²) in [4.78, 5) is 0. The Bertz CT molecular complexity index is 78.9. The number of aliphatic hydroxyl groups excluding tert-OH is 2. The summed E-state index contributed by atoms with van der Waals surface area (Å²) < 4.78 is 10.1. The van der Waals surface area contributed by atoms with Gasteiger partial charge in [0.05, 0.1) is 13.2 Å². The van der Waals surface area contributed by atoms with Crippen molar-refractivity contribution >= 4 is 7.40 Å². The lowest BCUT2D eigenvalue weighted by molar-refractivity contribution is 0.339. The van der Waals surface area contributed by atoms with Crippen LogP contribution in [0.25, 0.3) is 0 Å². The van der Waals surface area contributed by atoms with Crippen molar-refractivity contribution in [2.45, 2.75) is 0 Å². The average Bonchev–Trinajstić information content (AvgIpc) is 2.03.